The fourth-order valence-electron chi connectivity index (χ4n) is 2.26. The van der Waals surface area contributed by atoms with Crippen molar-refractivity contribution in [3.05, 3.63) is 64.8 Å². The lowest BCUT2D eigenvalue weighted by Gasteiger charge is -2.11. The number of anilines is 2. The zero-order valence-corrected chi connectivity index (χ0v) is 12.1. The summed E-state index contributed by atoms with van der Waals surface area (Å²) in [4.78, 5) is 4.40. The van der Waals surface area contributed by atoms with E-state index in [9.17, 15) is 0 Å². The zero-order chi connectivity index (χ0) is 14.8. The number of nitrogens with one attached hydrogen (secondary N) is 1. The van der Waals surface area contributed by atoms with Gasteiger partial charge in [-0.25, -0.2) is 0 Å². The van der Waals surface area contributed by atoms with Crippen LogP contribution in [0.3, 0.4) is 0 Å². The van der Waals surface area contributed by atoms with Crippen molar-refractivity contribution < 1.29 is 0 Å². The summed E-state index contributed by atoms with van der Waals surface area (Å²) in [5.74, 6) is 0. The summed E-state index contributed by atoms with van der Waals surface area (Å²) in [7, 11) is 0. The fraction of sp³-hybridized carbons (Fsp3) is 0.0588. The Kier molecular flexibility index (Phi) is 3.47. The molecule has 1 N–H and O–H groups in total. The molecule has 0 amide bonds. The first-order valence-electron chi connectivity index (χ1n) is 6.50. The summed E-state index contributed by atoms with van der Waals surface area (Å²) in [6.07, 6.45) is 1.74. The minimum atomic E-state index is 0.680. The predicted molar refractivity (Wildman–Crippen MR) is 85.9 cm³/mol. The number of rotatable bonds is 2. The van der Waals surface area contributed by atoms with Gasteiger partial charge in [-0.1, -0.05) is 11.6 Å². The van der Waals surface area contributed by atoms with Crippen LogP contribution in [0.15, 0.2) is 48.7 Å². The summed E-state index contributed by atoms with van der Waals surface area (Å²) in [6, 6.07) is 15.4. The van der Waals surface area contributed by atoms with E-state index in [0.717, 1.165) is 27.8 Å². The van der Waals surface area contributed by atoms with E-state index in [2.05, 4.69) is 16.4 Å². The summed E-state index contributed by atoms with van der Waals surface area (Å²) in [5.41, 5.74) is 4.25. The van der Waals surface area contributed by atoms with Crippen LogP contribution in [0.25, 0.3) is 10.9 Å². The average molecular weight is 294 g/mol. The number of hydrogen-bond acceptors (Lipinski definition) is 3. The second-order valence-electron chi connectivity index (χ2n) is 4.76. The van der Waals surface area contributed by atoms with Crippen molar-refractivity contribution in [2.75, 3.05) is 5.32 Å². The normalized spacial score (nSPS) is 10.3. The highest BCUT2D eigenvalue weighted by atomic mass is 35.5. The Hall–Kier alpha value is -2.57. The molecule has 0 fully saturated rings. The number of nitrogens with zero attached hydrogens (tertiary/aromatic N) is 2. The molecule has 0 aliphatic rings. The molecule has 0 unspecified atom stereocenters. The highest BCUT2D eigenvalue weighted by Crippen LogP contribution is 2.30. The van der Waals surface area contributed by atoms with Crippen molar-refractivity contribution in [1.82, 2.24) is 4.98 Å². The van der Waals surface area contributed by atoms with Crippen LogP contribution in [0.1, 0.15) is 11.1 Å². The Morgan fingerprint density at radius 2 is 2.05 bits per heavy atom. The Morgan fingerprint density at radius 1 is 1.19 bits per heavy atom. The van der Waals surface area contributed by atoms with Gasteiger partial charge in [-0.2, -0.15) is 5.26 Å². The van der Waals surface area contributed by atoms with Gasteiger partial charge in [-0.05, 0) is 55.0 Å². The predicted octanol–water partition coefficient (Wildman–Crippen LogP) is 4.81. The number of hydrogen-bond donors (Lipinski definition) is 1. The van der Waals surface area contributed by atoms with Crippen molar-refractivity contribution in [2.24, 2.45) is 0 Å². The molecule has 3 nitrogen and oxygen atoms in total. The summed E-state index contributed by atoms with van der Waals surface area (Å²) < 4.78 is 0. The lowest BCUT2D eigenvalue weighted by molar-refractivity contribution is 1.38. The second-order valence-corrected chi connectivity index (χ2v) is 5.17. The van der Waals surface area contributed by atoms with E-state index in [1.54, 1.807) is 6.20 Å². The molecule has 1 heterocycles. The maximum atomic E-state index is 8.98. The Morgan fingerprint density at radius 3 is 2.81 bits per heavy atom. The topological polar surface area (TPSA) is 48.7 Å². The summed E-state index contributed by atoms with van der Waals surface area (Å²) >= 11 is 6.19. The lowest BCUT2D eigenvalue weighted by Crippen LogP contribution is -1.94. The smallest absolute Gasteiger partial charge is 0.0994 e. The molecule has 0 aliphatic heterocycles. The van der Waals surface area contributed by atoms with Crippen molar-refractivity contribution in [2.45, 2.75) is 6.92 Å². The number of fused-ring (bicyclic) bond motifs is 1. The molecule has 4 heteroatoms. The highest BCUT2D eigenvalue weighted by molar-refractivity contribution is 6.35. The Balaban J connectivity index is 2.05. The van der Waals surface area contributed by atoms with Gasteiger partial charge in [0.05, 0.1) is 27.9 Å². The van der Waals surface area contributed by atoms with Crippen molar-refractivity contribution in [1.29, 1.82) is 5.26 Å². The largest absolute Gasteiger partial charge is 0.354 e. The third-order valence-corrected chi connectivity index (χ3v) is 3.67. The van der Waals surface area contributed by atoms with Gasteiger partial charge >= 0.3 is 0 Å². The molecular weight excluding hydrogens is 282 g/mol. The maximum Gasteiger partial charge on any atom is 0.0994 e. The molecule has 0 atom stereocenters. The molecule has 3 aromatic rings. The lowest BCUT2D eigenvalue weighted by atomic mass is 10.1. The van der Waals surface area contributed by atoms with Crippen LogP contribution in [0.4, 0.5) is 11.4 Å². The van der Waals surface area contributed by atoms with Gasteiger partial charge in [-0.3, -0.25) is 4.98 Å². The third kappa shape index (κ3) is 2.54. The van der Waals surface area contributed by atoms with Crippen LogP contribution in [-0.2, 0) is 0 Å². The van der Waals surface area contributed by atoms with Gasteiger partial charge in [0.15, 0.2) is 0 Å². The first-order chi connectivity index (χ1) is 10.2. The van der Waals surface area contributed by atoms with E-state index in [0.29, 0.717) is 10.6 Å². The number of halogens is 1. The first-order valence-corrected chi connectivity index (χ1v) is 6.88. The standard InChI is InChI=1S/C17H12ClN3/c1-11-9-13(5-4-12(11)10-19)21-16-7-6-15(18)14-3-2-8-20-17(14)16/h2-9,21H,1H3. The minimum Gasteiger partial charge on any atom is -0.354 e. The number of nitriles is 1. The van der Waals surface area contributed by atoms with E-state index < -0.39 is 0 Å². The molecule has 0 bridgehead atoms. The Bertz CT molecular complexity index is 866. The Labute approximate surface area is 127 Å². The maximum absolute atomic E-state index is 8.98. The third-order valence-electron chi connectivity index (χ3n) is 3.34. The molecule has 1 aromatic heterocycles. The summed E-state index contributed by atoms with van der Waals surface area (Å²) in [5, 5.41) is 13.9. The van der Waals surface area contributed by atoms with Gasteiger partial charge in [-0.15, -0.1) is 0 Å². The molecule has 21 heavy (non-hydrogen) atoms. The van der Waals surface area contributed by atoms with E-state index in [1.165, 1.54) is 0 Å². The van der Waals surface area contributed by atoms with Crippen LogP contribution in [-0.4, -0.2) is 4.98 Å². The molecule has 0 saturated carbocycles. The van der Waals surface area contributed by atoms with E-state index >= 15 is 0 Å². The summed E-state index contributed by atoms with van der Waals surface area (Å²) in [6.45, 7) is 1.92. The highest BCUT2D eigenvalue weighted by Gasteiger charge is 2.06. The van der Waals surface area contributed by atoms with E-state index in [4.69, 9.17) is 16.9 Å². The first kappa shape index (κ1) is 13.4. The van der Waals surface area contributed by atoms with Crippen molar-refractivity contribution in [3.8, 4) is 6.07 Å². The minimum absolute atomic E-state index is 0.680. The zero-order valence-electron chi connectivity index (χ0n) is 11.4. The average Bonchev–Trinajstić information content (AvgIpc) is 2.51. The quantitative estimate of drug-likeness (QED) is 0.737. The number of aromatic nitrogens is 1. The number of benzene rings is 2. The van der Waals surface area contributed by atoms with Crippen molar-refractivity contribution >= 4 is 33.9 Å². The van der Waals surface area contributed by atoms with Gasteiger partial charge in [0.1, 0.15) is 0 Å². The SMILES string of the molecule is Cc1cc(Nc2ccc(Cl)c3cccnc23)ccc1C#N. The van der Waals surface area contributed by atoms with Gasteiger partial charge in [0.2, 0.25) is 0 Å². The second kappa shape index (κ2) is 5.43. The number of aryl methyl sites for hydroxylation is 1. The monoisotopic (exact) mass is 293 g/mol. The molecule has 0 spiro atoms. The molecule has 0 aliphatic carbocycles. The molecule has 0 radical (unpaired) electrons. The molecule has 0 saturated heterocycles. The van der Waals surface area contributed by atoms with E-state index in [-0.39, 0.29) is 0 Å². The van der Waals surface area contributed by atoms with Crippen LogP contribution in [0.5, 0.6) is 0 Å². The molecule has 102 valence electrons. The van der Waals surface area contributed by atoms with Gasteiger partial charge in [0.25, 0.3) is 0 Å². The number of pyridine rings is 1. The van der Waals surface area contributed by atoms with Gasteiger partial charge in [0, 0.05) is 17.3 Å². The van der Waals surface area contributed by atoms with Crippen LogP contribution < -0.4 is 5.32 Å². The molecular formula is C17H12ClN3. The van der Waals surface area contributed by atoms with Gasteiger partial charge < -0.3 is 5.32 Å². The van der Waals surface area contributed by atoms with Crippen LogP contribution in [0, 0.1) is 18.3 Å². The van der Waals surface area contributed by atoms with E-state index in [1.807, 2.05) is 49.4 Å². The van der Waals surface area contributed by atoms with Crippen LogP contribution in [0.2, 0.25) is 5.02 Å². The molecule has 3 rings (SSSR count). The van der Waals surface area contributed by atoms with Crippen molar-refractivity contribution in [3.63, 3.8) is 0 Å². The van der Waals surface area contributed by atoms with Crippen LogP contribution >= 0.6 is 11.6 Å². The molecule has 2 aromatic carbocycles. The fourth-order valence-corrected chi connectivity index (χ4v) is 2.48.